The maximum absolute atomic E-state index is 10.1. The summed E-state index contributed by atoms with van der Waals surface area (Å²) in [6, 6.07) is 0. The van der Waals surface area contributed by atoms with Crippen LogP contribution in [0.15, 0.2) is 0 Å². The molecule has 16 heavy (non-hydrogen) atoms. The minimum atomic E-state index is -0.763. The Morgan fingerprint density at radius 1 is 1.19 bits per heavy atom. The SMILES string of the molecule is CCC(O)C(CC)(OCC(C)O)C(C)CO. The van der Waals surface area contributed by atoms with Gasteiger partial charge in [-0.2, -0.15) is 0 Å². The van der Waals surface area contributed by atoms with Crippen LogP contribution in [-0.2, 0) is 4.74 Å². The molecule has 0 aromatic carbocycles. The lowest BCUT2D eigenvalue weighted by molar-refractivity contribution is -0.176. The van der Waals surface area contributed by atoms with Gasteiger partial charge in [0.1, 0.15) is 0 Å². The van der Waals surface area contributed by atoms with Gasteiger partial charge in [-0.15, -0.1) is 0 Å². The van der Waals surface area contributed by atoms with Gasteiger partial charge in [-0.1, -0.05) is 20.8 Å². The van der Waals surface area contributed by atoms with Gasteiger partial charge >= 0.3 is 0 Å². The van der Waals surface area contributed by atoms with Crippen molar-refractivity contribution in [3.05, 3.63) is 0 Å². The molecule has 0 aliphatic heterocycles. The molecule has 0 saturated carbocycles. The molecule has 0 aliphatic carbocycles. The predicted octanol–water partition coefficient (Wildman–Crippen LogP) is 0.932. The van der Waals surface area contributed by atoms with Crippen molar-refractivity contribution >= 4 is 0 Å². The first kappa shape index (κ1) is 15.8. The predicted molar refractivity (Wildman–Crippen MR) is 63.2 cm³/mol. The van der Waals surface area contributed by atoms with E-state index < -0.39 is 17.8 Å². The second-order valence-electron chi connectivity index (χ2n) is 4.48. The van der Waals surface area contributed by atoms with Crippen LogP contribution in [0, 0.1) is 5.92 Å². The van der Waals surface area contributed by atoms with E-state index in [1.165, 1.54) is 0 Å². The molecule has 4 unspecified atom stereocenters. The molecule has 0 aromatic heterocycles. The first-order chi connectivity index (χ1) is 7.44. The van der Waals surface area contributed by atoms with Gasteiger partial charge in [0.05, 0.1) is 24.4 Å². The first-order valence-corrected chi connectivity index (χ1v) is 6.05. The van der Waals surface area contributed by atoms with Crippen molar-refractivity contribution in [2.45, 2.75) is 58.3 Å². The molecule has 3 N–H and O–H groups in total. The van der Waals surface area contributed by atoms with Crippen LogP contribution < -0.4 is 0 Å². The highest BCUT2D eigenvalue weighted by Gasteiger charge is 2.41. The summed E-state index contributed by atoms with van der Waals surface area (Å²) in [6.45, 7) is 7.44. The number of hydrogen-bond acceptors (Lipinski definition) is 4. The van der Waals surface area contributed by atoms with E-state index in [2.05, 4.69) is 0 Å². The van der Waals surface area contributed by atoms with Crippen LogP contribution in [0.2, 0.25) is 0 Å². The highest BCUT2D eigenvalue weighted by Crippen LogP contribution is 2.31. The summed E-state index contributed by atoms with van der Waals surface area (Å²) >= 11 is 0. The van der Waals surface area contributed by atoms with Gasteiger partial charge in [0, 0.05) is 12.5 Å². The van der Waals surface area contributed by atoms with E-state index in [0.29, 0.717) is 12.8 Å². The standard InChI is InChI=1S/C12H26O4/c1-5-11(15)12(6-2,9(3)7-13)16-8-10(4)14/h9-11,13-15H,5-8H2,1-4H3. The second-order valence-corrected chi connectivity index (χ2v) is 4.48. The van der Waals surface area contributed by atoms with Crippen LogP contribution in [-0.4, -0.2) is 46.3 Å². The molecule has 4 heteroatoms. The van der Waals surface area contributed by atoms with E-state index >= 15 is 0 Å². The van der Waals surface area contributed by atoms with Gasteiger partial charge in [-0.3, -0.25) is 0 Å². The van der Waals surface area contributed by atoms with Crippen LogP contribution in [0.4, 0.5) is 0 Å². The minimum absolute atomic E-state index is 0.0370. The van der Waals surface area contributed by atoms with Crippen LogP contribution in [0.3, 0.4) is 0 Å². The molecule has 0 saturated heterocycles. The number of hydrogen-bond donors (Lipinski definition) is 3. The van der Waals surface area contributed by atoms with Crippen molar-refractivity contribution in [3.8, 4) is 0 Å². The van der Waals surface area contributed by atoms with Crippen molar-refractivity contribution in [1.82, 2.24) is 0 Å². The number of aliphatic hydroxyl groups is 3. The third-order valence-corrected chi connectivity index (χ3v) is 3.20. The Balaban J connectivity index is 4.80. The number of ether oxygens (including phenoxy) is 1. The second kappa shape index (κ2) is 7.22. The Labute approximate surface area is 98.2 Å². The van der Waals surface area contributed by atoms with Gasteiger partial charge in [-0.05, 0) is 19.8 Å². The van der Waals surface area contributed by atoms with Crippen LogP contribution in [0.1, 0.15) is 40.5 Å². The largest absolute Gasteiger partial charge is 0.396 e. The maximum atomic E-state index is 10.1. The fraction of sp³-hybridized carbons (Fsp3) is 1.00. The Hall–Kier alpha value is -0.160. The Kier molecular flexibility index (Phi) is 7.15. The highest BCUT2D eigenvalue weighted by molar-refractivity contribution is 4.91. The zero-order valence-corrected chi connectivity index (χ0v) is 10.8. The molecule has 0 heterocycles. The van der Waals surface area contributed by atoms with Crippen molar-refractivity contribution in [2.24, 2.45) is 5.92 Å². The smallest absolute Gasteiger partial charge is 0.0985 e. The zero-order valence-electron chi connectivity index (χ0n) is 10.8. The number of aliphatic hydroxyl groups excluding tert-OH is 3. The molecule has 0 aromatic rings. The van der Waals surface area contributed by atoms with E-state index in [-0.39, 0.29) is 19.1 Å². The normalized spacial score (nSPS) is 21.2. The van der Waals surface area contributed by atoms with Gasteiger partial charge in [-0.25, -0.2) is 0 Å². The van der Waals surface area contributed by atoms with Gasteiger partial charge in [0.15, 0.2) is 0 Å². The molecule has 0 aliphatic rings. The fourth-order valence-electron chi connectivity index (χ4n) is 2.03. The van der Waals surface area contributed by atoms with E-state index in [1.54, 1.807) is 6.92 Å². The lowest BCUT2D eigenvalue weighted by atomic mass is 9.80. The molecule has 98 valence electrons. The van der Waals surface area contributed by atoms with E-state index in [0.717, 1.165) is 0 Å². The van der Waals surface area contributed by atoms with Gasteiger partial charge in [0.25, 0.3) is 0 Å². The van der Waals surface area contributed by atoms with E-state index in [1.807, 2.05) is 20.8 Å². The summed E-state index contributed by atoms with van der Waals surface area (Å²) in [7, 11) is 0. The van der Waals surface area contributed by atoms with E-state index in [4.69, 9.17) is 4.74 Å². The average molecular weight is 234 g/mol. The first-order valence-electron chi connectivity index (χ1n) is 6.05. The van der Waals surface area contributed by atoms with Crippen LogP contribution >= 0.6 is 0 Å². The van der Waals surface area contributed by atoms with Crippen molar-refractivity contribution in [1.29, 1.82) is 0 Å². The quantitative estimate of drug-likeness (QED) is 0.584. The Morgan fingerprint density at radius 3 is 2.06 bits per heavy atom. The fourth-order valence-corrected chi connectivity index (χ4v) is 2.03. The third kappa shape index (κ3) is 3.70. The molecule has 4 atom stereocenters. The lowest BCUT2D eigenvalue weighted by Gasteiger charge is -2.41. The topological polar surface area (TPSA) is 69.9 Å². The van der Waals surface area contributed by atoms with Crippen molar-refractivity contribution in [3.63, 3.8) is 0 Å². The Bertz CT molecular complexity index is 172. The molecule has 0 rings (SSSR count). The van der Waals surface area contributed by atoms with Crippen molar-refractivity contribution < 1.29 is 20.1 Å². The highest BCUT2D eigenvalue weighted by atomic mass is 16.5. The average Bonchev–Trinajstić information content (AvgIpc) is 2.28. The molecule has 0 radical (unpaired) electrons. The summed E-state index contributed by atoms with van der Waals surface area (Å²) in [5.41, 5.74) is -0.763. The summed E-state index contributed by atoms with van der Waals surface area (Å²) in [5.74, 6) is -0.161. The molecular weight excluding hydrogens is 208 g/mol. The molecule has 0 bridgehead atoms. The maximum Gasteiger partial charge on any atom is 0.0985 e. The molecule has 0 spiro atoms. The summed E-state index contributed by atoms with van der Waals surface area (Å²) in [4.78, 5) is 0. The summed E-state index contributed by atoms with van der Waals surface area (Å²) in [5, 5.41) is 28.6. The minimum Gasteiger partial charge on any atom is -0.396 e. The molecule has 0 fully saturated rings. The monoisotopic (exact) mass is 234 g/mol. The Morgan fingerprint density at radius 2 is 1.75 bits per heavy atom. The molecule has 4 nitrogen and oxygen atoms in total. The van der Waals surface area contributed by atoms with Crippen LogP contribution in [0.25, 0.3) is 0 Å². The van der Waals surface area contributed by atoms with Gasteiger partial charge in [0.2, 0.25) is 0 Å². The third-order valence-electron chi connectivity index (χ3n) is 3.20. The van der Waals surface area contributed by atoms with Crippen LogP contribution in [0.5, 0.6) is 0 Å². The zero-order chi connectivity index (χ0) is 12.8. The summed E-state index contributed by atoms with van der Waals surface area (Å²) < 4.78 is 5.69. The van der Waals surface area contributed by atoms with Crippen molar-refractivity contribution in [2.75, 3.05) is 13.2 Å². The molecule has 0 amide bonds. The number of rotatable bonds is 8. The van der Waals surface area contributed by atoms with Gasteiger partial charge < -0.3 is 20.1 Å². The van der Waals surface area contributed by atoms with E-state index in [9.17, 15) is 15.3 Å². The lowest BCUT2D eigenvalue weighted by Crippen LogP contribution is -2.51. The summed E-state index contributed by atoms with van der Waals surface area (Å²) in [6.07, 6.45) is -0.0201. The molecular formula is C12H26O4.